The van der Waals surface area contributed by atoms with E-state index in [0.717, 1.165) is 78.0 Å². The summed E-state index contributed by atoms with van der Waals surface area (Å²) < 4.78 is 13.2. The Morgan fingerprint density at radius 2 is 1.10 bits per heavy atom. The van der Waals surface area contributed by atoms with E-state index in [1.54, 1.807) is 0 Å². The quantitative estimate of drug-likeness (QED) is 0.187. The van der Waals surface area contributed by atoms with Gasteiger partial charge in [-0.25, -0.2) is 9.97 Å². The van der Waals surface area contributed by atoms with E-state index in [9.17, 15) is 0 Å². The van der Waals surface area contributed by atoms with Crippen molar-refractivity contribution in [3.63, 3.8) is 0 Å². The first-order chi connectivity index (χ1) is 24.8. The molecule has 4 nitrogen and oxygen atoms in total. The summed E-state index contributed by atoms with van der Waals surface area (Å²) >= 11 is 0. The number of hydrogen-bond acceptors (Lipinski definition) is 4. The molecule has 3 heterocycles. The zero-order chi connectivity index (χ0) is 33.0. The van der Waals surface area contributed by atoms with Gasteiger partial charge in [-0.1, -0.05) is 133 Å². The highest BCUT2D eigenvalue weighted by atomic mass is 16.5. The second-order valence-corrected chi connectivity index (χ2v) is 12.9. The Morgan fingerprint density at radius 3 is 1.88 bits per heavy atom. The number of ether oxygens (including phenoxy) is 1. The molecule has 0 amide bonds. The summed E-state index contributed by atoms with van der Waals surface area (Å²) in [5.74, 6) is 1.77. The number of fused-ring (bicyclic) bond motifs is 6. The first kappa shape index (κ1) is 28.5. The third-order valence-corrected chi connectivity index (χ3v) is 9.83. The number of aromatic nitrogens is 2. The molecule has 236 valence electrons. The molecule has 10 rings (SSSR count). The van der Waals surface area contributed by atoms with Crippen LogP contribution in [0.15, 0.2) is 174 Å². The van der Waals surface area contributed by atoms with Crippen molar-refractivity contribution in [3.05, 3.63) is 175 Å². The molecule has 2 unspecified atom stereocenters. The van der Waals surface area contributed by atoms with E-state index in [4.69, 9.17) is 19.1 Å². The topological polar surface area (TPSA) is 48.2 Å². The summed E-state index contributed by atoms with van der Waals surface area (Å²) in [6, 6.07) is 50.4. The molecule has 2 atom stereocenters. The summed E-state index contributed by atoms with van der Waals surface area (Å²) in [5.41, 5.74) is 11.8. The summed E-state index contributed by atoms with van der Waals surface area (Å²) in [4.78, 5) is 10.4. The minimum atomic E-state index is -0.0117. The Bertz CT molecular complexity index is 2580. The van der Waals surface area contributed by atoms with Crippen LogP contribution in [0.3, 0.4) is 0 Å². The van der Waals surface area contributed by atoms with Crippen LogP contribution in [0, 0.1) is 0 Å². The van der Waals surface area contributed by atoms with Crippen molar-refractivity contribution in [2.45, 2.75) is 12.0 Å². The summed E-state index contributed by atoms with van der Waals surface area (Å²) in [6.45, 7) is 0. The van der Waals surface area contributed by atoms with E-state index < -0.39 is 0 Å². The van der Waals surface area contributed by atoms with Crippen LogP contribution in [0.4, 0.5) is 0 Å². The fourth-order valence-corrected chi connectivity index (χ4v) is 7.42. The molecule has 6 aromatic carbocycles. The van der Waals surface area contributed by atoms with E-state index in [1.807, 2.05) is 48.5 Å². The number of nitrogens with zero attached hydrogens (tertiary/aromatic N) is 2. The third kappa shape index (κ3) is 4.76. The maximum atomic E-state index is 6.66. The Labute approximate surface area is 289 Å². The van der Waals surface area contributed by atoms with Crippen LogP contribution < -0.4 is 4.74 Å². The maximum absolute atomic E-state index is 6.66. The summed E-state index contributed by atoms with van der Waals surface area (Å²) in [5, 5.41) is 2.19. The van der Waals surface area contributed by atoms with Gasteiger partial charge in [-0.05, 0) is 47.5 Å². The lowest BCUT2D eigenvalue weighted by molar-refractivity contribution is 0.270. The molecule has 0 bridgehead atoms. The Kier molecular flexibility index (Phi) is 6.59. The molecule has 8 aromatic rings. The van der Waals surface area contributed by atoms with Crippen LogP contribution in [0.5, 0.6) is 5.75 Å². The lowest BCUT2D eigenvalue weighted by atomic mass is 9.89. The zero-order valence-electron chi connectivity index (χ0n) is 27.0. The number of benzene rings is 6. The summed E-state index contributed by atoms with van der Waals surface area (Å²) in [6.07, 6.45) is 8.55. The van der Waals surface area contributed by atoms with Crippen LogP contribution in [-0.2, 0) is 0 Å². The number of para-hydroxylation sites is 3. The average molecular weight is 643 g/mol. The van der Waals surface area contributed by atoms with Gasteiger partial charge in [0.25, 0.3) is 0 Å². The average Bonchev–Trinajstić information content (AvgIpc) is 3.77. The third-order valence-electron chi connectivity index (χ3n) is 9.83. The fourth-order valence-electron chi connectivity index (χ4n) is 7.42. The molecule has 0 saturated carbocycles. The van der Waals surface area contributed by atoms with Gasteiger partial charge in [-0.15, -0.1) is 0 Å². The Balaban J connectivity index is 1.23. The van der Waals surface area contributed by atoms with Gasteiger partial charge in [0.05, 0.1) is 11.4 Å². The largest absolute Gasteiger partial charge is 0.484 e. The molecule has 2 aliphatic rings. The molecule has 0 spiro atoms. The minimum Gasteiger partial charge on any atom is -0.484 e. The van der Waals surface area contributed by atoms with E-state index in [1.165, 1.54) is 5.56 Å². The highest BCUT2D eigenvalue weighted by molar-refractivity contribution is 6.09. The van der Waals surface area contributed by atoms with Crippen LogP contribution in [0.25, 0.3) is 78.1 Å². The van der Waals surface area contributed by atoms with Crippen molar-refractivity contribution < 1.29 is 9.15 Å². The van der Waals surface area contributed by atoms with E-state index in [-0.39, 0.29) is 12.0 Å². The molecule has 0 saturated heterocycles. The van der Waals surface area contributed by atoms with E-state index in [0.29, 0.717) is 5.82 Å². The van der Waals surface area contributed by atoms with Gasteiger partial charge in [0.15, 0.2) is 5.82 Å². The second-order valence-electron chi connectivity index (χ2n) is 12.9. The first-order valence-corrected chi connectivity index (χ1v) is 17.0. The molecule has 0 fully saturated rings. The molecule has 0 N–H and O–H groups in total. The Morgan fingerprint density at radius 1 is 0.480 bits per heavy atom. The van der Waals surface area contributed by atoms with Crippen molar-refractivity contribution in [2.24, 2.45) is 0 Å². The number of furan rings is 1. The van der Waals surface area contributed by atoms with Crippen LogP contribution in [0.1, 0.15) is 11.5 Å². The predicted octanol–water partition coefficient (Wildman–Crippen LogP) is 11.7. The van der Waals surface area contributed by atoms with E-state index in [2.05, 4.69) is 121 Å². The maximum Gasteiger partial charge on any atom is 0.160 e. The van der Waals surface area contributed by atoms with Gasteiger partial charge < -0.3 is 9.15 Å². The Hall–Kier alpha value is -6.52. The van der Waals surface area contributed by atoms with Crippen LogP contribution >= 0.6 is 0 Å². The van der Waals surface area contributed by atoms with Gasteiger partial charge in [0.1, 0.15) is 23.0 Å². The molecule has 2 aromatic heterocycles. The van der Waals surface area contributed by atoms with Crippen molar-refractivity contribution >= 4 is 21.9 Å². The highest BCUT2D eigenvalue weighted by Crippen LogP contribution is 2.48. The van der Waals surface area contributed by atoms with Gasteiger partial charge in [0.2, 0.25) is 0 Å². The molecule has 1 aliphatic carbocycles. The normalized spacial score (nSPS) is 16.0. The van der Waals surface area contributed by atoms with Crippen LogP contribution in [0.2, 0.25) is 0 Å². The van der Waals surface area contributed by atoms with Gasteiger partial charge in [-0.2, -0.15) is 0 Å². The molecule has 0 radical (unpaired) electrons. The second kappa shape index (κ2) is 11.6. The first-order valence-electron chi connectivity index (χ1n) is 17.0. The highest BCUT2D eigenvalue weighted by Gasteiger charge is 2.34. The predicted molar refractivity (Wildman–Crippen MR) is 202 cm³/mol. The molecule has 50 heavy (non-hydrogen) atoms. The molecular weight excluding hydrogens is 613 g/mol. The number of allylic oxidation sites excluding steroid dienone is 2. The van der Waals surface area contributed by atoms with Crippen molar-refractivity contribution in [2.75, 3.05) is 0 Å². The van der Waals surface area contributed by atoms with E-state index >= 15 is 0 Å². The fraction of sp³-hybridized carbons (Fsp3) is 0.0435. The minimum absolute atomic E-state index is 0.0117. The van der Waals surface area contributed by atoms with Crippen molar-refractivity contribution in [1.82, 2.24) is 9.97 Å². The van der Waals surface area contributed by atoms with Gasteiger partial charge in [-0.3, -0.25) is 0 Å². The molecule has 1 aliphatic heterocycles. The molecular formula is C46H30N2O2. The monoisotopic (exact) mass is 642 g/mol. The van der Waals surface area contributed by atoms with Gasteiger partial charge >= 0.3 is 0 Å². The smallest absolute Gasteiger partial charge is 0.160 e. The standard InChI is InChI=1S/C46H30N2O2/c1-3-13-29(14-4-1)40-28-41(30-15-5-2-6-16-30)48-46(47-40)33-26-31(34-19-11-21-38-36-17-7-9-23-42(36)49-44(34)38)25-32(27-33)35-20-12-22-39-37-18-8-10-24-43(37)50-45(35)39/h1-28,36,42H. The van der Waals surface area contributed by atoms with Crippen molar-refractivity contribution in [1.29, 1.82) is 0 Å². The summed E-state index contributed by atoms with van der Waals surface area (Å²) in [7, 11) is 0. The zero-order valence-corrected chi connectivity index (χ0v) is 27.0. The lowest BCUT2D eigenvalue weighted by Gasteiger charge is -2.15. The number of rotatable bonds is 5. The SMILES string of the molecule is C1=CC2Oc3c(-c4cc(-c5nc(-c6ccccc6)cc(-c6ccccc6)n5)cc(-c5cccc6c5oc5ccccc56)c4)cccc3C2C=C1. The number of hydrogen-bond donors (Lipinski definition) is 0. The lowest BCUT2D eigenvalue weighted by Crippen LogP contribution is -2.15. The molecule has 4 heteroatoms. The van der Waals surface area contributed by atoms with Gasteiger partial charge in [0, 0.05) is 50.1 Å². The van der Waals surface area contributed by atoms with Crippen molar-refractivity contribution in [3.8, 4) is 61.9 Å². The van der Waals surface area contributed by atoms with Crippen LogP contribution in [-0.4, -0.2) is 16.1 Å².